The number of aryl methyl sites for hydroxylation is 2. The fraction of sp³-hybridized carbons (Fsp3) is 0.269. The molecule has 0 bridgehead atoms. The van der Waals surface area contributed by atoms with Gasteiger partial charge in [-0.3, -0.25) is 9.36 Å². The zero-order valence-corrected chi connectivity index (χ0v) is 21.9. The molecule has 1 saturated heterocycles. The van der Waals surface area contributed by atoms with E-state index in [2.05, 4.69) is 15.3 Å². The number of hydrogen-bond acceptors (Lipinski definition) is 7. The number of hydrogen-bond donors (Lipinski definition) is 2. The second-order valence-electron chi connectivity index (χ2n) is 8.68. The van der Waals surface area contributed by atoms with E-state index in [1.807, 2.05) is 31.2 Å². The number of anilines is 1. The predicted molar refractivity (Wildman–Crippen MR) is 142 cm³/mol. The predicted octanol–water partition coefficient (Wildman–Crippen LogP) is 5.75. The molecule has 0 unspecified atom stereocenters. The summed E-state index contributed by atoms with van der Waals surface area (Å²) in [7, 11) is -2.84. The number of benzene rings is 2. The summed E-state index contributed by atoms with van der Waals surface area (Å²) in [5.74, 6) is 1.18. The molecular formula is C26H27ClN4O5P+. The number of aromatic nitrogens is 3. The van der Waals surface area contributed by atoms with Crippen LogP contribution in [0.15, 0.2) is 65.3 Å². The van der Waals surface area contributed by atoms with Crippen LogP contribution in [0.2, 0.25) is 5.02 Å². The van der Waals surface area contributed by atoms with Gasteiger partial charge in [-0.2, -0.15) is 18.9 Å². The lowest BCUT2D eigenvalue weighted by Gasteiger charge is -2.21. The smallest absolute Gasteiger partial charge is 0.413 e. The molecule has 2 N–H and O–H groups in total. The van der Waals surface area contributed by atoms with Crippen LogP contribution in [0.4, 0.5) is 5.69 Å². The highest BCUT2D eigenvalue weighted by atomic mass is 35.5. The molecule has 37 heavy (non-hydrogen) atoms. The molecule has 9 nitrogen and oxygen atoms in total. The van der Waals surface area contributed by atoms with Crippen molar-refractivity contribution in [2.75, 3.05) is 18.5 Å². The lowest BCUT2D eigenvalue weighted by Crippen LogP contribution is -2.14. The number of nitrogens with one attached hydrogen (secondary N) is 1. The summed E-state index contributed by atoms with van der Waals surface area (Å²) in [4.78, 5) is 32.1. The number of amides is 1. The monoisotopic (exact) mass is 541 g/mol. The molecule has 0 atom stereocenters. The highest BCUT2D eigenvalue weighted by molar-refractivity contribution is 7.59. The SMILES string of the molecule is Cc1nccn1-c1nc(-c2ccc(Cl)cc2)c(CCC(=O)Nc2ccc(C[P+]3(O)OCCCO3)cc2)o1. The molecule has 11 heteroatoms. The number of carbonyl (C=O) groups is 1. The number of imidazole rings is 1. The first kappa shape index (κ1) is 25.6. The summed E-state index contributed by atoms with van der Waals surface area (Å²) >= 11 is 6.06. The standard InChI is InChI=1S/C26H26ClN4O5P/c1-18-28-13-14-31(18)26-30-25(20-5-7-21(27)8-6-20)23(36-26)11-12-24(32)29-22-9-3-19(4-10-22)17-37(33)34-15-2-16-35-37/h3-10,13-14,33H,2,11-12,15-17H2,1H3/p+1. The van der Waals surface area contributed by atoms with Crippen LogP contribution < -0.4 is 5.32 Å². The van der Waals surface area contributed by atoms with Gasteiger partial charge in [0.05, 0.1) is 13.2 Å². The van der Waals surface area contributed by atoms with Crippen LogP contribution in [0.25, 0.3) is 17.3 Å². The van der Waals surface area contributed by atoms with Gasteiger partial charge in [-0.1, -0.05) is 35.9 Å². The largest absolute Gasteiger partial charge is 0.427 e. The van der Waals surface area contributed by atoms with E-state index in [0.29, 0.717) is 54.0 Å². The van der Waals surface area contributed by atoms with Crippen molar-refractivity contribution in [3.05, 3.63) is 83.1 Å². The Kier molecular flexibility index (Phi) is 7.69. The van der Waals surface area contributed by atoms with Gasteiger partial charge in [-0.25, -0.2) is 4.98 Å². The maximum absolute atomic E-state index is 12.7. The van der Waals surface area contributed by atoms with Crippen LogP contribution in [-0.4, -0.2) is 38.5 Å². The van der Waals surface area contributed by atoms with Gasteiger partial charge in [0.25, 0.3) is 0 Å². The summed E-state index contributed by atoms with van der Waals surface area (Å²) in [6.07, 6.45) is 5.12. The zero-order valence-electron chi connectivity index (χ0n) is 20.3. The van der Waals surface area contributed by atoms with Crippen molar-refractivity contribution in [2.45, 2.75) is 32.3 Å². The first-order valence-electron chi connectivity index (χ1n) is 11.9. The van der Waals surface area contributed by atoms with E-state index in [9.17, 15) is 9.69 Å². The Morgan fingerprint density at radius 3 is 2.54 bits per heavy atom. The number of halogens is 1. The van der Waals surface area contributed by atoms with Gasteiger partial charge in [0.2, 0.25) is 5.91 Å². The molecule has 3 heterocycles. The van der Waals surface area contributed by atoms with Crippen molar-refractivity contribution in [3.63, 3.8) is 0 Å². The van der Waals surface area contributed by atoms with Crippen molar-refractivity contribution >= 4 is 31.1 Å². The minimum Gasteiger partial charge on any atom is -0.427 e. The van der Waals surface area contributed by atoms with E-state index >= 15 is 0 Å². The molecular weight excluding hydrogens is 515 g/mol. The minimum absolute atomic E-state index is 0.156. The third-order valence-corrected chi connectivity index (χ3v) is 8.10. The van der Waals surface area contributed by atoms with Crippen molar-refractivity contribution in [1.82, 2.24) is 14.5 Å². The van der Waals surface area contributed by atoms with E-state index in [0.717, 1.165) is 23.4 Å². The average molecular weight is 542 g/mol. The maximum atomic E-state index is 12.7. The molecule has 2 aromatic carbocycles. The van der Waals surface area contributed by atoms with Gasteiger partial charge in [-0.05, 0) is 36.8 Å². The molecule has 0 radical (unpaired) electrons. The summed E-state index contributed by atoms with van der Waals surface area (Å²) in [5.41, 5.74) is 3.05. The van der Waals surface area contributed by atoms with Crippen LogP contribution in [-0.2, 0) is 26.4 Å². The highest BCUT2D eigenvalue weighted by Crippen LogP contribution is 2.61. The van der Waals surface area contributed by atoms with Gasteiger partial charge in [0.1, 0.15) is 17.3 Å². The highest BCUT2D eigenvalue weighted by Gasteiger charge is 2.43. The van der Waals surface area contributed by atoms with Gasteiger partial charge >= 0.3 is 14.0 Å². The van der Waals surface area contributed by atoms with E-state index in [-0.39, 0.29) is 12.3 Å². The molecule has 2 aromatic heterocycles. The molecule has 0 saturated carbocycles. The van der Waals surface area contributed by atoms with Crippen molar-refractivity contribution in [2.24, 2.45) is 0 Å². The van der Waals surface area contributed by atoms with Gasteiger partial charge < -0.3 is 9.73 Å². The Labute approximate surface area is 220 Å². The third-order valence-electron chi connectivity index (χ3n) is 5.91. The molecule has 192 valence electrons. The van der Waals surface area contributed by atoms with E-state index in [1.54, 1.807) is 41.2 Å². The molecule has 1 aliphatic heterocycles. The second kappa shape index (κ2) is 11.1. The quantitative estimate of drug-likeness (QED) is 0.273. The Bertz CT molecular complexity index is 1360. The first-order chi connectivity index (χ1) is 17.9. The van der Waals surface area contributed by atoms with Crippen molar-refractivity contribution in [3.8, 4) is 17.3 Å². The maximum Gasteiger partial charge on any atom is 0.413 e. The Morgan fingerprint density at radius 2 is 1.86 bits per heavy atom. The van der Waals surface area contributed by atoms with Crippen LogP contribution in [0.5, 0.6) is 0 Å². The average Bonchev–Trinajstić information content (AvgIpc) is 3.50. The van der Waals surface area contributed by atoms with Crippen LogP contribution >= 0.6 is 19.5 Å². The molecule has 1 fully saturated rings. The van der Waals surface area contributed by atoms with Crippen LogP contribution in [0.3, 0.4) is 0 Å². The molecule has 5 rings (SSSR count). The lowest BCUT2D eigenvalue weighted by atomic mass is 10.1. The number of oxazole rings is 1. The third kappa shape index (κ3) is 6.26. The molecule has 1 aliphatic rings. The minimum atomic E-state index is -2.84. The number of nitrogens with zero attached hydrogens (tertiary/aromatic N) is 3. The van der Waals surface area contributed by atoms with Crippen LogP contribution in [0.1, 0.15) is 30.0 Å². The fourth-order valence-electron chi connectivity index (χ4n) is 4.00. The van der Waals surface area contributed by atoms with E-state index in [4.69, 9.17) is 25.1 Å². The van der Waals surface area contributed by atoms with Gasteiger partial charge in [0.15, 0.2) is 6.16 Å². The Morgan fingerprint density at radius 1 is 1.14 bits per heavy atom. The molecule has 0 spiro atoms. The van der Waals surface area contributed by atoms with E-state index in [1.165, 1.54) is 0 Å². The summed E-state index contributed by atoms with van der Waals surface area (Å²) in [6.45, 7) is 2.88. The number of carbonyl (C=O) groups excluding carboxylic acids is 1. The van der Waals surface area contributed by atoms with Crippen molar-refractivity contribution < 1.29 is 23.2 Å². The van der Waals surface area contributed by atoms with Crippen LogP contribution in [0, 0.1) is 6.92 Å². The van der Waals surface area contributed by atoms with Gasteiger partial charge in [-0.15, -0.1) is 0 Å². The first-order valence-corrected chi connectivity index (χ1v) is 14.1. The lowest BCUT2D eigenvalue weighted by molar-refractivity contribution is -0.116. The normalized spacial score (nSPS) is 15.0. The summed E-state index contributed by atoms with van der Waals surface area (Å²) < 4.78 is 18.8. The van der Waals surface area contributed by atoms with Gasteiger partial charge in [0, 0.05) is 47.9 Å². The Balaban J connectivity index is 1.25. The molecule has 0 aliphatic carbocycles. The Hall–Kier alpha value is -3.07. The fourth-order valence-corrected chi connectivity index (χ4v) is 5.89. The second-order valence-corrected chi connectivity index (χ2v) is 11.2. The topological polar surface area (TPSA) is 112 Å². The zero-order chi connectivity index (χ0) is 25.8. The molecule has 1 amide bonds. The summed E-state index contributed by atoms with van der Waals surface area (Å²) in [5, 5.41) is 3.54. The number of rotatable bonds is 8. The van der Waals surface area contributed by atoms with E-state index < -0.39 is 7.94 Å². The summed E-state index contributed by atoms with van der Waals surface area (Å²) in [6, 6.07) is 15.0. The van der Waals surface area contributed by atoms with Crippen molar-refractivity contribution in [1.29, 1.82) is 0 Å². The molecule has 4 aromatic rings.